The van der Waals surface area contributed by atoms with Gasteiger partial charge in [0, 0.05) is 12.8 Å². The lowest BCUT2D eigenvalue weighted by Gasteiger charge is -2.04. The average Bonchev–Trinajstić information content (AvgIpc) is 2.44. The molecular formula is C14H15NO5. The van der Waals surface area contributed by atoms with E-state index in [0.29, 0.717) is 0 Å². The van der Waals surface area contributed by atoms with Gasteiger partial charge >= 0.3 is 11.9 Å². The highest BCUT2D eigenvalue weighted by molar-refractivity contribution is 6.38. The first kappa shape index (κ1) is 15.6. The zero-order valence-electron chi connectivity index (χ0n) is 11.0. The standard InChI is InChI=1S/C14H15NO5/c1-20-14(19)11(9-10-5-3-2-4-6-10)15-12(16)7-8-13(17)18/h2-6H,7-9H2,1H3,(H,17,18). The van der Waals surface area contributed by atoms with Crippen molar-refractivity contribution in [3.63, 3.8) is 0 Å². The van der Waals surface area contributed by atoms with Crippen LogP contribution in [0.25, 0.3) is 0 Å². The summed E-state index contributed by atoms with van der Waals surface area (Å²) in [6.45, 7) is 0. The number of carboxylic acids is 1. The Kier molecular flexibility index (Phi) is 6.09. The van der Waals surface area contributed by atoms with Crippen LogP contribution in [-0.2, 0) is 25.5 Å². The Labute approximate surface area is 116 Å². The molecule has 6 heteroatoms. The van der Waals surface area contributed by atoms with Crippen LogP contribution in [0.3, 0.4) is 0 Å². The fourth-order valence-electron chi connectivity index (χ4n) is 1.48. The van der Waals surface area contributed by atoms with Gasteiger partial charge in [-0.3, -0.25) is 9.59 Å². The lowest BCUT2D eigenvalue weighted by molar-refractivity contribution is -0.138. The lowest BCUT2D eigenvalue weighted by Crippen LogP contribution is -2.20. The van der Waals surface area contributed by atoms with Crippen LogP contribution in [0.2, 0.25) is 0 Å². The van der Waals surface area contributed by atoms with E-state index in [2.05, 4.69) is 9.73 Å². The molecule has 0 fully saturated rings. The summed E-state index contributed by atoms with van der Waals surface area (Å²) in [7, 11) is 1.20. The van der Waals surface area contributed by atoms with Crippen molar-refractivity contribution in [3.05, 3.63) is 35.9 Å². The van der Waals surface area contributed by atoms with Crippen molar-refractivity contribution in [1.29, 1.82) is 0 Å². The number of benzene rings is 1. The number of carboxylic acid groups (broad SMARTS) is 1. The van der Waals surface area contributed by atoms with Crippen molar-refractivity contribution in [2.24, 2.45) is 4.99 Å². The van der Waals surface area contributed by atoms with Gasteiger partial charge in [0.05, 0.1) is 13.5 Å². The maximum atomic E-state index is 11.6. The molecule has 1 aromatic carbocycles. The largest absolute Gasteiger partial charge is 0.481 e. The van der Waals surface area contributed by atoms with E-state index in [-0.39, 0.29) is 25.0 Å². The molecule has 0 aliphatic heterocycles. The number of nitrogens with zero attached hydrogens (tertiary/aromatic N) is 1. The molecule has 0 aromatic heterocycles. The summed E-state index contributed by atoms with van der Waals surface area (Å²) in [6, 6.07) is 9.02. The molecule has 1 N–H and O–H groups in total. The van der Waals surface area contributed by atoms with Crippen LogP contribution in [0.4, 0.5) is 0 Å². The number of carbonyl (C=O) groups is 3. The first-order valence-corrected chi connectivity index (χ1v) is 5.97. The highest BCUT2D eigenvalue weighted by Crippen LogP contribution is 2.04. The van der Waals surface area contributed by atoms with E-state index in [1.165, 1.54) is 7.11 Å². The number of methoxy groups -OCH3 is 1. The minimum atomic E-state index is -1.09. The van der Waals surface area contributed by atoms with Crippen LogP contribution >= 0.6 is 0 Å². The SMILES string of the molecule is COC(=O)C(Cc1ccccc1)=NC(=O)CCC(=O)O. The van der Waals surface area contributed by atoms with Crippen LogP contribution < -0.4 is 0 Å². The fourth-order valence-corrected chi connectivity index (χ4v) is 1.48. The van der Waals surface area contributed by atoms with Crippen molar-refractivity contribution >= 4 is 23.6 Å². The molecule has 1 rings (SSSR count). The third-order valence-electron chi connectivity index (χ3n) is 2.45. The summed E-state index contributed by atoms with van der Waals surface area (Å²) in [6.07, 6.45) is -0.404. The quantitative estimate of drug-likeness (QED) is 0.623. The summed E-state index contributed by atoms with van der Waals surface area (Å²) in [4.78, 5) is 37.1. The van der Waals surface area contributed by atoms with Gasteiger partial charge in [0.2, 0.25) is 5.91 Å². The molecule has 0 unspecified atom stereocenters. The van der Waals surface area contributed by atoms with Gasteiger partial charge in [0.15, 0.2) is 0 Å². The number of aliphatic imine (C=N–C) groups is 1. The van der Waals surface area contributed by atoms with Crippen LogP contribution in [0.15, 0.2) is 35.3 Å². The average molecular weight is 277 g/mol. The molecule has 0 aliphatic carbocycles. The second kappa shape index (κ2) is 7.83. The minimum Gasteiger partial charge on any atom is -0.481 e. The van der Waals surface area contributed by atoms with E-state index >= 15 is 0 Å². The van der Waals surface area contributed by atoms with Crippen LogP contribution in [-0.4, -0.2) is 35.8 Å². The maximum absolute atomic E-state index is 11.6. The van der Waals surface area contributed by atoms with E-state index in [1.54, 1.807) is 24.3 Å². The number of esters is 1. The molecule has 1 amide bonds. The molecule has 0 radical (unpaired) electrons. The molecule has 0 bridgehead atoms. The van der Waals surface area contributed by atoms with Crippen molar-refractivity contribution in [2.45, 2.75) is 19.3 Å². The second-order valence-corrected chi connectivity index (χ2v) is 4.00. The third kappa shape index (κ3) is 5.43. The minimum absolute atomic E-state index is 0.0333. The summed E-state index contributed by atoms with van der Waals surface area (Å²) in [5.41, 5.74) is 0.775. The summed E-state index contributed by atoms with van der Waals surface area (Å²) in [5, 5.41) is 8.49. The van der Waals surface area contributed by atoms with Crippen molar-refractivity contribution < 1.29 is 24.2 Å². The predicted molar refractivity (Wildman–Crippen MR) is 71.5 cm³/mol. The summed E-state index contributed by atoms with van der Waals surface area (Å²) >= 11 is 0. The number of hydrogen-bond acceptors (Lipinski definition) is 4. The van der Waals surface area contributed by atoms with E-state index in [4.69, 9.17) is 5.11 Å². The number of carbonyl (C=O) groups excluding carboxylic acids is 2. The van der Waals surface area contributed by atoms with Crippen molar-refractivity contribution in [1.82, 2.24) is 0 Å². The Hall–Kier alpha value is -2.50. The molecular weight excluding hydrogens is 262 g/mol. The molecule has 20 heavy (non-hydrogen) atoms. The van der Waals surface area contributed by atoms with Gasteiger partial charge in [-0.05, 0) is 5.56 Å². The normalized spacial score (nSPS) is 10.9. The third-order valence-corrected chi connectivity index (χ3v) is 2.45. The maximum Gasteiger partial charge on any atom is 0.352 e. The Bertz CT molecular complexity index is 522. The zero-order chi connectivity index (χ0) is 15.0. The van der Waals surface area contributed by atoms with Gasteiger partial charge in [-0.2, -0.15) is 0 Å². The Morgan fingerprint density at radius 2 is 1.80 bits per heavy atom. The predicted octanol–water partition coefficient (Wildman–Crippen LogP) is 1.23. The molecule has 0 saturated heterocycles. The van der Waals surface area contributed by atoms with Crippen molar-refractivity contribution in [3.8, 4) is 0 Å². The van der Waals surface area contributed by atoms with E-state index in [0.717, 1.165) is 5.56 Å². The monoisotopic (exact) mass is 277 g/mol. The molecule has 0 atom stereocenters. The Balaban J connectivity index is 2.81. The molecule has 1 aromatic rings. The first-order valence-electron chi connectivity index (χ1n) is 5.97. The Morgan fingerprint density at radius 3 is 2.35 bits per heavy atom. The first-order chi connectivity index (χ1) is 9.52. The fraction of sp³-hybridized carbons (Fsp3) is 0.286. The number of aliphatic carboxylic acids is 1. The lowest BCUT2D eigenvalue weighted by atomic mass is 10.1. The van der Waals surface area contributed by atoms with Crippen molar-refractivity contribution in [2.75, 3.05) is 7.11 Å². The van der Waals surface area contributed by atoms with Crippen LogP contribution in [0.1, 0.15) is 18.4 Å². The van der Waals surface area contributed by atoms with Gasteiger partial charge in [0.25, 0.3) is 0 Å². The zero-order valence-corrected chi connectivity index (χ0v) is 11.0. The summed E-state index contributed by atoms with van der Waals surface area (Å²) < 4.78 is 4.57. The molecule has 0 spiro atoms. The van der Waals surface area contributed by atoms with Crippen LogP contribution in [0, 0.1) is 0 Å². The Morgan fingerprint density at radius 1 is 1.15 bits per heavy atom. The van der Waals surface area contributed by atoms with Gasteiger partial charge < -0.3 is 9.84 Å². The van der Waals surface area contributed by atoms with Gasteiger partial charge in [-0.25, -0.2) is 9.79 Å². The van der Waals surface area contributed by atoms with Gasteiger partial charge in [0.1, 0.15) is 5.71 Å². The van der Waals surface area contributed by atoms with Gasteiger partial charge in [-0.15, -0.1) is 0 Å². The smallest absolute Gasteiger partial charge is 0.352 e. The number of amides is 1. The highest BCUT2D eigenvalue weighted by Gasteiger charge is 2.15. The molecule has 0 aliphatic rings. The topological polar surface area (TPSA) is 93.0 Å². The van der Waals surface area contributed by atoms with E-state index in [1.807, 2.05) is 6.07 Å². The second-order valence-electron chi connectivity index (χ2n) is 4.00. The summed E-state index contributed by atoms with van der Waals surface area (Å²) in [5.74, 6) is -2.43. The number of ether oxygens (including phenoxy) is 1. The number of rotatable bonds is 6. The number of hydrogen-bond donors (Lipinski definition) is 1. The van der Waals surface area contributed by atoms with E-state index in [9.17, 15) is 14.4 Å². The van der Waals surface area contributed by atoms with Gasteiger partial charge in [-0.1, -0.05) is 30.3 Å². The highest BCUT2D eigenvalue weighted by atomic mass is 16.5. The van der Waals surface area contributed by atoms with Crippen LogP contribution in [0.5, 0.6) is 0 Å². The molecule has 0 saturated carbocycles. The molecule has 6 nitrogen and oxygen atoms in total. The van der Waals surface area contributed by atoms with E-state index < -0.39 is 17.8 Å². The molecule has 0 heterocycles. The molecule has 106 valence electrons.